The first-order valence-corrected chi connectivity index (χ1v) is 11.6. The van der Waals surface area contributed by atoms with Crippen molar-refractivity contribution in [3.05, 3.63) is 47.8 Å². The van der Waals surface area contributed by atoms with Gasteiger partial charge in [-0.1, -0.05) is 49.2 Å². The van der Waals surface area contributed by atoms with Gasteiger partial charge < -0.3 is 5.32 Å². The highest BCUT2D eigenvalue weighted by molar-refractivity contribution is 7.14. The SMILES string of the molecule is O=C(CCN1C(=O)[C@H]2CCCC[C@H]2C1=O)Nc1nc(-c2ccc3ccccc3c2)cs1. The summed E-state index contributed by atoms with van der Waals surface area (Å²) in [6.07, 6.45) is 3.65. The first-order valence-electron chi connectivity index (χ1n) is 10.7. The van der Waals surface area contributed by atoms with Gasteiger partial charge in [0.2, 0.25) is 17.7 Å². The van der Waals surface area contributed by atoms with E-state index in [2.05, 4.69) is 34.6 Å². The van der Waals surface area contributed by atoms with Gasteiger partial charge in [-0.25, -0.2) is 4.98 Å². The molecule has 2 fully saturated rings. The van der Waals surface area contributed by atoms with Crippen molar-refractivity contribution in [1.82, 2.24) is 9.88 Å². The number of hydrogen-bond acceptors (Lipinski definition) is 5. The molecule has 1 aliphatic carbocycles. The standard InChI is InChI=1S/C24H23N3O3S/c28-21(11-12-27-22(29)18-7-3-4-8-19(18)23(27)30)26-24-25-20(14-31-24)17-10-9-15-5-1-2-6-16(15)13-17/h1-2,5-6,9-10,13-14,18-19H,3-4,7-8,11-12H2,(H,25,26,28)/t18-,19+. The van der Waals surface area contributed by atoms with Gasteiger partial charge in [0, 0.05) is 23.9 Å². The van der Waals surface area contributed by atoms with Crippen LogP contribution in [0.3, 0.4) is 0 Å². The van der Waals surface area contributed by atoms with E-state index in [-0.39, 0.29) is 42.5 Å². The molecule has 3 amide bonds. The van der Waals surface area contributed by atoms with Crippen LogP contribution in [-0.2, 0) is 14.4 Å². The van der Waals surface area contributed by atoms with Crippen molar-refractivity contribution in [2.45, 2.75) is 32.1 Å². The normalized spacial score (nSPS) is 20.8. The molecular weight excluding hydrogens is 410 g/mol. The summed E-state index contributed by atoms with van der Waals surface area (Å²) in [5.74, 6) is -0.791. The Labute approximate surface area is 184 Å². The summed E-state index contributed by atoms with van der Waals surface area (Å²) in [7, 11) is 0. The van der Waals surface area contributed by atoms with Crippen molar-refractivity contribution in [3.63, 3.8) is 0 Å². The second-order valence-electron chi connectivity index (χ2n) is 8.22. The van der Waals surface area contributed by atoms with Crippen LogP contribution in [0.2, 0.25) is 0 Å². The summed E-state index contributed by atoms with van der Waals surface area (Å²) in [6, 6.07) is 14.3. The molecule has 0 radical (unpaired) electrons. The smallest absolute Gasteiger partial charge is 0.233 e. The molecule has 1 aliphatic heterocycles. The molecule has 31 heavy (non-hydrogen) atoms. The quantitative estimate of drug-likeness (QED) is 0.602. The number of rotatable bonds is 5. The Balaban J connectivity index is 1.21. The van der Waals surface area contributed by atoms with Crippen molar-refractivity contribution >= 4 is 45.0 Å². The van der Waals surface area contributed by atoms with Gasteiger partial charge in [-0.15, -0.1) is 11.3 Å². The summed E-state index contributed by atoms with van der Waals surface area (Å²) >= 11 is 1.36. The predicted octanol–water partition coefficient (Wildman–Crippen LogP) is 4.47. The molecule has 6 nitrogen and oxygen atoms in total. The van der Waals surface area contributed by atoms with Gasteiger partial charge in [-0.05, 0) is 29.7 Å². The molecular formula is C24H23N3O3S. The van der Waals surface area contributed by atoms with Crippen LogP contribution >= 0.6 is 11.3 Å². The number of anilines is 1. The average Bonchev–Trinajstić information content (AvgIpc) is 3.35. The van der Waals surface area contributed by atoms with E-state index in [4.69, 9.17) is 0 Å². The number of carbonyl (C=O) groups is 3. The molecule has 2 aliphatic rings. The molecule has 0 bridgehead atoms. The number of likely N-dealkylation sites (tertiary alicyclic amines) is 1. The average molecular weight is 434 g/mol. The maximum Gasteiger partial charge on any atom is 0.233 e. The highest BCUT2D eigenvalue weighted by Crippen LogP contribution is 2.38. The van der Waals surface area contributed by atoms with Crippen LogP contribution in [0, 0.1) is 11.8 Å². The topological polar surface area (TPSA) is 79.4 Å². The molecule has 0 spiro atoms. The van der Waals surface area contributed by atoms with Gasteiger partial charge in [0.1, 0.15) is 0 Å². The van der Waals surface area contributed by atoms with Crippen LogP contribution in [0.4, 0.5) is 5.13 Å². The third-order valence-corrected chi connectivity index (χ3v) is 7.05. The van der Waals surface area contributed by atoms with E-state index in [9.17, 15) is 14.4 Å². The number of benzene rings is 2. The zero-order chi connectivity index (χ0) is 21.4. The molecule has 2 heterocycles. The van der Waals surface area contributed by atoms with Gasteiger partial charge >= 0.3 is 0 Å². The van der Waals surface area contributed by atoms with E-state index in [0.717, 1.165) is 42.3 Å². The monoisotopic (exact) mass is 433 g/mol. The predicted molar refractivity (Wildman–Crippen MR) is 120 cm³/mol. The van der Waals surface area contributed by atoms with Gasteiger partial charge in [0.25, 0.3) is 0 Å². The number of aromatic nitrogens is 1. The molecule has 0 unspecified atom stereocenters. The minimum Gasteiger partial charge on any atom is -0.302 e. The molecule has 2 aromatic carbocycles. The summed E-state index contributed by atoms with van der Waals surface area (Å²) in [5.41, 5.74) is 1.80. The van der Waals surface area contributed by atoms with E-state index in [0.29, 0.717) is 5.13 Å². The fourth-order valence-corrected chi connectivity index (χ4v) is 5.39. The second-order valence-corrected chi connectivity index (χ2v) is 9.08. The Morgan fingerprint density at radius 3 is 2.48 bits per heavy atom. The van der Waals surface area contributed by atoms with Gasteiger partial charge in [-0.2, -0.15) is 0 Å². The lowest BCUT2D eigenvalue weighted by Crippen LogP contribution is -2.34. The highest BCUT2D eigenvalue weighted by Gasteiger charge is 2.47. The third kappa shape index (κ3) is 3.85. The van der Waals surface area contributed by atoms with Gasteiger partial charge in [0.05, 0.1) is 17.5 Å². The van der Waals surface area contributed by atoms with Crippen molar-refractivity contribution in [1.29, 1.82) is 0 Å². The minimum atomic E-state index is -0.241. The van der Waals surface area contributed by atoms with Crippen LogP contribution in [0.15, 0.2) is 47.8 Å². The third-order valence-electron chi connectivity index (χ3n) is 6.29. The summed E-state index contributed by atoms with van der Waals surface area (Å²) in [5, 5.41) is 7.54. The Bertz CT molecular complexity index is 1150. The Morgan fingerprint density at radius 1 is 1.03 bits per heavy atom. The molecule has 1 N–H and O–H groups in total. The molecule has 7 heteroatoms. The largest absolute Gasteiger partial charge is 0.302 e. The molecule has 1 aromatic heterocycles. The number of carbonyl (C=O) groups excluding carboxylic acids is 3. The minimum absolute atomic E-state index is 0.0851. The van der Waals surface area contributed by atoms with E-state index < -0.39 is 0 Å². The van der Waals surface area contributed by atoms with Crippen LogP contribution in [-0.4, -0.2) is 34.2 Å². The summed E-state index contributed by atoms with van der Waals surface area (Å²) in [4.78, 5) is 43.3. The van der Waals surface area contributed by atoms with E-state index in [1.54, 1.807) is 0 Å². The maximum absolute atomic E-state index is 12.5. The van der Waals surface area contributed by atoms with Crippen LogP contribution < -0.4 is 5.32 Å². The lowest BCUT2D eigenvalue weighted by atomic mass is 9.81. The Hall–Kier alpha value is -3.06. The second kappa shape index (κ2) is 8.23. The molecule has 1 saturated carbocycles. The van der Waals surface area contributed by atoms with Crippen molar-refractivity contribution in [3.8, 4) is 11.3 Å². The van der Waals surface area contributed by atoms with Crippen LogP contribution in [0.1, 0.15) is 32.1 Å². The zero-order valence-corrected chi connectivity index (χ0v) is 17.9. The summed E-state index contributed by atoms with van der Waals surface area (Å²) < 4.78 is 0. The number of amides is 3. The first-order chi connectivity index (χ1) is 15.1. The van der Waals surface area contributed by atoms with Gasteiger partial charge in [-0.3, -0.25) is 19.3 Å². The van der Waals surface area contributed by atoms with E-state index in [1.807, 2.05) is 23.6 Å². The van der Waals surface area contributed by atoms with Gasteiger partial charge in [0.15, 0.2) is 5.13 Å². The number of fused-ring (bicyclic) bond motifs is 2. The molecule has 5 rings (SSSR count). The molecule has 3 aromatic rings. The highest BCUT2D eigenvalue weighted by atomic mass is 32.1. The lowest BCUT2D eigenvalue weighted by molar-refractivity contribution is -0.140. The first kappa shape index (κ1) is 19.9. The fourth-order valence-electron chi connectivity index (χ4n) is 4.66. The van der Waals surface area contributed by atoms with E-state index in [1.165, 1.54) is 21.6 Å². The van der Waals surface area contributed by atoms with Crippen LogP contribution in [0.5, 0.6) is 0 Å². The van der Waals surface area contributed by atoms with Crippen LogP contribution in [0.25, 0.3) is 22.0 Å². The Kier molecular flexibility index (Phi) is 5.28. The summed E-state index contributed by atoms with van der Waals surface area (Å²) in [6.45, 7) is 0.138. The maximum atomic E-state index is 12.5. The number of thiazole rings is 1. The number of hydrogen-bond donors (Lipinski definition) is 1. The van der Waals surface area contributed by atoms with E-state index >= 15 is 0 Å². The Morgan fingerprint density at radius 2 is 1.74 bits per heavy atom. The molecule has 1 saturated heterocycles. The van der Waals surface area contributed by atoms with Crippen molar-refractivity contribution in [2.75, 3.05) is 11.9 Å². The lowest BCUT2D eigenvalue weighted by Gasteiger charge is -2.19. The van der Waals surface area contributed by atoms with Crippen molar-refractivity contribution < 1.29 is 14.4 Å². The molecule has 2 atom stereocenters. The number of nitrogens with zero attached hydrogens (tertiary/aromatic N) is 2. The fraction of sp³-hybridized carbons (Fsp3) is 0.333. The molecule has 158 valence electrons. The zero-order valence-electron chi connectivity index (χ0n) is 17.0. The van der Waals surface area contributed by atoms with Crippen molar-refractivity contribution in [2.24, 2.45) is 11.8 Å². The number of nitrogens with one attached hydrogen (secondary N) is 1. The number of imide groups is 1.